The number of para-hydroxylation sites is 2. The van der Waals surface area contributed by atoms with Crippen LogP contribution in [0.25, 0.3) is 21.8 Å². The first-order valence-electron chi connectivity index (χ1n) is 8.87. The molecule has 1 aliphatic heterocycles. The van der Waals surface area contributed by atoms with Gasteiger partial charge in [0, 0.05) is 16.5 Å². The number of aliphatic imine (C=N–C) groups is 1. The third kappa shape index (κ3) is 2.32. The van der Waals surface area contributed by atoms with E-state index >= 15 is 0 Å². The molecule has 2 heterocycles. The van der Waals surface area contributed by atoms with Crippen LogP contribution in [0.2, 0.25) is 0 Å². The summed E-state index contributed by atoms with van der Waals surface area (Å²) in [4.78, 5) is 5.04. The smallest absolute Gasteiger partial charge is 0.146 e. The second-order valence-electron chi connectivity index (χ2n) is 6.64. The summed E-state index contributed by atoms with van der Waals surface area (Å²) in [5, 5.41) is 5.99. The molecule has 3 heteroatoms. The fourth-order valence-electron chi connectivity index (χ4n) is 3.74. The van der Waals surface area contributed by atoms with E-state index in [1.165, 1.54) is 27.4 Å². The maximum atomic E-state index is 5.04. The van der Waals surface area contributed by atoms with Gasteiger partial charge < -0.3 is 5.32 Å². The summed E-state index contributed by atoms with van der Waals surface area (Å²) in [6.45, 7) is 2.10. The van der Waals surface area contributed by atoms with Gasteiger partial charge in [-0.1, -0.05) is 66.7 Å². The van der Waals surface area contributed by atoms with E-state index in [1.54, 1.807) is 0 Å². The Kier molecular flexibility index (Phi) is 3.39. The number of benzene rings is 3. The van der Waals surface area contributed by atoms with Crippen molar-refractivity contribution in [2.75, 3.05) is 0 Å². The van der Waals surface area contributed by atoms with E-state index in [4.69, 9.17) is 4.99 Å². The van der Waals surface area contributed by atoms with Crippen molar-refractivity contribution in [3.63, 3.8) is 0 Å². The Bertz CT molecular complexity index is 1110. The van der Waals surface area contributed by atoms with Crippen molar-refractivity contribution in [3.05, 3.63) is 96.2 Å². The minimum atomic E-state index is -0.0730. The molecule has 0 bridgehead atoms. The molecule has 0 saturated carbocycles. The average Bonchev–Trinajstić information content (AvgIpc) is 3.03. The zero-order valence-corrected chi connectivity index (χ0v) is 14.6. The van der Waals surface area contributed by atoms with Gasteiger partial charge in [-0.2, -0.15) is 0 Å². The highest BCUT2D eigenvalue weighted by Crippen LogP contribution is 2.30. The molecule has 3 nitrogen and oxygen atoms in total. The van der Waals surface area contributed by atoms with Crippen molar-refractivity contribution in [1.82, 2.24) is 9.88 Å². The van der Waals surface area contributed by atoms with Gasteiger partial charge in [0.25, 0.3) is 0 Å². The number of fused-ring (bicyclic) bond motifs is 3. The van der Waals surface area contributed by atoms with Gasteiger partial charge in [0.05, 0.1) is 11.0 Å². The molecule has 0 amide bonds. The minimum absolute atomic E-state index is 0.0730. The van der Waals surface area contributed by atoms with E-state index in [0.29, 0.717) is 0 Å². The molecule has 0 aliphatic carbocycles. The molecule has 0 radical (unpaired) electrons. The lowest BCUT2D eigenvalue weighted by molar-refractivity contribution is 0.616. The number of hydrogen-bond donors (Lipinski definition) is 1. The van der Waals surface area contributed by atoms with Crippen LogP contribution in [0, 0.1) is 0 Å². The quantitative estimate of drug-likeness (QED) is 0.505. The van der Waals surface area contributed by atoms with E-state index in [1.807, 2.05) is 6.07 Å². The summed E-state index contributed by atoms with van der Waals surface area (Å²) in [5.41, 5.74) is 4.65. The van der Waals surface area contributed by atoms with Gasteiger partial charge in [0.15, 0.2) is 0 Å². The first-order chi connectivity index (χ1) is 12.8. The normalized spacial score (nSPS) is 17.0. The monoisotopic (exact) mass is 337 g/mol. The van der Waals surface area contributed by atoms with E-state index in [2.05, 4.69) is 95.7 Å². The van der Waals surface area contributed by atoms with Crippen molar-refractivity contribution in [2.45, 2.75) is 13.1 Å². The summed E-state index contributed by atoms with van der Waals surface area (Å²) in [6, 6.07) is 27.4. The zero-order valence-electron chi connectivity index (χ0n) is 14.6. The van der Waals surface area contributed by atoms with Crippen molar-refractivity contribution >= 4 is 27.6 Å². The first-order valence-corrected chi connectivity index (χ1v) is 8.87. The number of nitrogens with one attached hydrogen (secondary N) is 1. The van der Waals surface area contributed by atoms with Crippen LogP contribution in [0.4, 0.5) is 0 Å². The lowest BCUT2D eigenvalue weighted by Gasteiger charge is -2.23. The predicted octanol–water partition coefficient (Wildman–Crippen LogP) is 5.25. The number of hydrogen-bond acceptors (Lipinski definition) is 2. The van der Waals surface area contributed by atoms with Crippen LogP contribution in [0.3, 0.4) is 0 Å². The second-order valence-corrected chi connectivity index (χ2v) is 6.64. The van der Waals surface area contributed by atoms with Crippen LogP contribution >= 0.6 is 0 Å². The van der Waals surface area contributed by atoms with Crippen LogP contribution in [0.15, 0.2) is 95.6 Å². The molecule has 0 spiro atoms. The van der Waals surface area contributed by atoms with Crippen molar-refractivity contribution in [3.8, 4) is 0 Å². The third-order valence-electron chi connectivity index (χ3n) is 4.90. The largest absolute Gasteiger partial charge is 0.363 e. The fourth-order valence-corrected chi connectivity index (χ4v) is 3.74. The summed E-state index contributed by atoms with van der Waals surface area (Å²) >= 11 is 0. The summed E-state index contributed by atoms with van der Waals surface area (Å²) in [7, 11) is 0. The van der Waals surface area contributed by atoms with E-state index in [0.717, 1.165) is 11.5 Å². The highest BCUT2D eigenvalue weighted by atomic mass is 15.2. The van der Waals surface area contributed by atoms with Gasteiger partial charge in [-0.15, -0.1) is 0 Å². The van der Waals surface area contributed by atoms with Crippen LogP contribution < -0.4 is 5.32 Å². The molecule has 1 N–H and O–H groups in total. The van der Waals surface area contributed by atoms with E-state index < -0.39 is 0 Å². The molecule has 126 valence electrons. The Morgan fingerprint density at radius 3 is 2.00 bits per heavy atom. The molecular weight excluding hydrogens is 318 g/mol. The predicted molar refractivity (Wildman–Crippen MR) is 108 cm³/mol. The maximum absolute atomic E-state index is 5.04. The molecule has 1 aliphatic rings. The van der Waals surface area contributed by atoms with Gasteiger partial charge in [-0.3, -0.25) is 4.57 Å². The van der Waals surface area contributed by atoms with Gasteiger partial charge in [0.2, 0.25) is 0 Å². The molecule has 1 unspecified atom stereocenters. The number of allylic oxidation sites excluding steroid dienone is 2. The molecule has 1 aromatic heterocycles. The van der Waals surface area contributed by atoms with Crippen LogP contribution in [0.1, 0.15) is 18.7 Å². The Morgan fingerprint density at radius 2 is 1.35 bits per heavy atom. The van der Waals surface area contributed by atoms with Crippen molar-refractivity contribution in [2.24, 2.45) is 4.99 Å². The highest BCUT2D eigenvalue weighted by Gasteiger charge is 2.19. The van der Waals surface area contributed by atoms with Crippen LogP contribution in [-0.4, -0.2) is 10.4 Å². The van der Waals surface area contributed by atoms with Crippen LogP contribution in [0.5, 0.6) is 0 Å². The van der Waals surface area contributed by atoms with Gasteiger partial charge in [-0.25, -0.2) is 4.99 Å². The standard InChI is InChI=1S/C23H19N3/c1-16-15-22(25-23(24-16)17-9-3-2-4-10-17)26-20-13-7-5-11-18(20)19-12-6-8-14-21(19)26/h2-15,23-24H,1H3. The van der Waals surface area contributed by atoms with Crippen molar-refractivity contribution < 1.29 is 0 Å². The second kappa shape index (κ2) is 5.88. The number of aromatic nitrogens is 1. The molecule has 4 aromatic rings. The Balaban J connectivity index is 1.77. The Hall–Kier alpha value is -3.33. The van der Waals surface area contributed by atoms with Gasteiger partial charge in [0.1, 0.15) is 12.0 Å². The van der Waals surface area contributed by atoms with E-state index in [9.17, 15) is 0 Å². The Morgan fingerprint density at radius 1 is 0.769 bits per heavy atom. The summed E-state index contributed by atoms with van der Waals surface area (Å²) < 4.78 is 2.27. The lowest BCUT2D eigenvalue weighted by Crippen LogP contribution is -2.26. The lowest BCUT2D eigenvalue weighted by atomic mass is 10.1. The minimum Gasteiger partial charge on any atom is -0.363 e. The highest BCUT2D eigenvalue weighted by molar-refractivity contribution is 6.16. The topological polar surface area (TPSA) is 29.3 Å². The summed E-state index contributed by atoms with van der Waals surface area (Å²) in [6.07, 6.45) is 2.05. The van der Waals surface area contributed by atoms with Gasteiger partial charge in [-0.05, 0) is 30.7 Å². The first kappa shape index (κ1) is 15.0. The zero-order chi connectivity index (χ0) is 17.5. The molecule has 0 fully saturated rings. The van der Waals surface area contributed by atoms with E-state index in [-0.39, 0.29) is 6.17 Å². The summed E-state index contributed by atoms with van der Waals surface area (Å²) in [5.74, 6) is 0.965. The average molecular weight is 337 g/mol. The Labute approximate surface area is 152 Å². The number of nitrogens with zero attached hydrogens (tertiary/aromatic N) is 2. The molecule has 3 aromatic carbocycles. The maximum Gasteiger partial charge on any atom is 0.146 e. The number of rotatable bonds is 1. The third-order valence-corrected chi connectivity index (χ3v) is 4.90. The molecule has 5 rings (SSSR count). The van der Waals surface area contributed by atoms with Crippen LogP contribution in [-0.2, 0) is 0 Å². The SMILES string of the molecule is CC1=CC(n2c3ccccc3c3ccccc32)=NC(c2ccccc2)N1. The van der Waals surface area contributed by atoms with Gasteiger partial charge >= 0.3 is 0 Å². The fraction of sp³-hybridized carbons (Fsp3) is 0.0870. The van der Waals surface area contributed by atoms with Crippen molar-refractivity contribution in [1.29, 1.82) is 0 Å². The molecular formula is C23H19N3. The molecule has 26 heavy (non-hydrogen) atoms. The molecule has 0 saturated heterocycles. The molecule has 1 atom stereocenters.